The van der Waals surface area contributed by atoms with Crippen molar-refractivity contribution in [2.45, 2.75) is 6.92 Å². The number of carbonyl (C=O) groups excluding carboxylic acids is 1. The lowest BCUT2D eigenvalue weighted by molar-refractivity contribution is 0.208. The lowest BCUT2D eigenvalue weighted by atomic mass is 10.2. The van der Waals surface area contributed by atoms with Crippen molar-refractivity contribution in [2.24, 2.45) is 0 Å². The number of nitrogens with one attached hydrogen (secondary N) is 1. The molecule has 1 saturated heterocycles. The fourth-order valence-corrected chi connectivity index (χ4v) is 3.38. The minimum Gasteiger partial charge on any atom is -0.353 e. The number of urea groups is 1. The Bertz CT molecular complexity index is 968. The van der Waals surface area contributed by atoms with Gasteiger partial charge in [-0.05, 0) is 24.6 Å². The largest absolute Gasteiger partial charge is 0.353 e. The standard InChI is InChI=1S/C19H20ClN7O/c1-14-2-3-16(15(20)10-14)24-19(28)26-8-6-25(7-9-26)17-11-18(23-12-22-17)27-5-4-21-13-27/h2-5,10-13H,6-9H2,1H3,(H,24,28). The van der Waals surface area contributed by atoms with Gasteiger partial charge in [-0.1, -0.05) is 17.7 Å². The zero-order valence-corrected chi connectivity index (χ0v) is 16.2. The highest BCUT2D eigenvalue weighted by Gasteiger charge is 2.22. The molecule has 144 valence electrons. The van der Waals surface area contributed by atoms with E-state index < -0.39 is 0 Å². The summed E-state index contributed by atoms with van der Waals surface area (Å²) in [5.41, 5.74) is 1.68. The Kier molecular flexibility index (Phi) is 5.12. The molecule has 1 aromatic carbocycles. The number of imidazole rings is 1. The van der Waals surface area contributed by atoms with E-state index in [9.17, 15) is 4.79 Å². The van der Waals surface area contributed by atoms with Gasteiger partial charge in [0.25, 0.3) is 0 Å². The Hall–Kier alpha value is -3.13. The molecule has 2 amide bonds. The topological polar surface area (TPSA) is 79.2 Å². The summed E-state index contributed by atoms with van der Waals surface area (Å²) in [6.07, 6.45) is 6.79. The highest BCUT2D eigenvalue weighted by Crippen LogP contribution is 2.23. The number of halogens is 1. The highest BCUT2D eigenvalue weighted by molar-refractivity contribution is 6.33. The normalized spacial score (nSPS) is 14.2. The summed E-state index contributed by atoms with van der Waals surface area (Å²) in [5.74, 6) is 1.59. The number of nitrogens with zero attached hydrogens (tertiary/aromatic N) is 6. The number of hydrogen-bond acceptors (Lipinski definition) is 5. The second-order valence-corrected chi connectivity index (χ2v) is 7.00. The molecule has 2 aromatic heterocycles. The Labute approximate surface area is 167 Å². The number of aromatic nitrogens is 4. The first-order chi connectivity index (χ1) is 13.6. The minimum absolute atomic E-state index is 0.146. The predicted molar refractivity (Wildman–Crippen MR) is 108 cm³/mol. The molecule has 3 heterocycles. The van der Waals surface area contributed by atoms with E-state index in [-0.39, 0.29) is 6.03 Å². The van der Waals surface area contributed by atoms with Gasteiger partial charge in [0.2, 0.25) is 0 Å². The predicted octanol–water partition coefficient (Wildman–Crippen LogP) is 2.98. The van der Waals surface area contributed by atoms with Crippen molar-refractivity contribution in [3.63, 3.8) is 0 Å². The first-order valence-corrected chi connectivity index (χ1v) is 9.35. The van der Waals surface area contributed by atoms with Gasteiger partial charge in [0, 0.05) is 44.6 Å². The molecule has 0 saturated carbocycles. The third-order valence-corrected chi connectivity index (χ3v) is 4.98. The third-order valence-electron chi connectivity index (χ3n) is 4.66. The van der Waals surface area contributed by atoms with Crippen molar-refractivity contribution in [2.75, 3.05) is 36.4 Å². The Morgan fingerprint density at radius 1 is 1.11 bits per heavy atom. The second kappa shape index (κ2) is 7.85. The molecular formula is C19H20ClN7O. The SMILES string of the molecule is Cc1ccc(NC(=O)N2CCN(c3cc(-n4ccnc4)ncn3)CC2)c(Cl)c1. The summed E-state index contributed by atoms with van der Waals surface area (Å²) in [6.45, 7) is 4.53. The molecule has 4 rings (SSSR count). The summed E-state index contributed by atoms with van der Waals surface area (Å²) >= 11 is 6.21. The van der Waals surface area contributed by atoms with Gasteiger partial charge in [-0.3, -0.25) is 4.57 Å². The van der Waals surface area contributed by atoms with Gasteiger partial charge in [0.1, 0.15) is 24.3 Å². The number of amides is 2. The van der Waals surface area contributed by atoms with Crippen molar-refractivity contribution in [3.8, 4) is 5.82 Å². The molecule has 28 heavy (non-hydrogen) atoms. The lowest BCUT2D eigenvalue weighted by Crippen LogP contribution is -2.50. The van der Waals surface area contributed by atoms with Gasteiger partial charge >= 0.3 is 6.03 Å². The number of hydrogen-bond donors (Lipinski definition) is 1. The van der Waals surface area contributed by atoms with Crippen molar-refractivity contribution in [1.29, 1.82) is 0 Å². The number of benzene rings is 1. The molecule has 1 N–H and O–H groups in total. The minimum atomic E-state index is -0.146. The summed E-state index contributed by atoms with van der Waals surface area (Å²) in [5, 5.41) is 3.43. The molecule has 0 bridgehead atoms. The number of rotatable bonds is 3. The zero-order valence-electron chi connectivity index (χ0n) is 15.4. The summed E-state index contributed by atoms with van der Waals surface area (Å²) in [7, 11) is 0. The molecule has 0 atom stereocenters. The first-order valence-electron chi connectivity index (χ1n) is 8.97. The van der Waals surface area contributed by atoms with Crippen LogP contribution in [0.5, 0.6) is 0 Å². The van der Waals surface area contributed by atoms with Gasteiger partial charge in [-0.15, -0.1) is 0 Å². The van der Waals surface area contributed by atoms with Crippen LogP contribution in [0.2, 0.25) is 5.02 Å². The van der Waals surface area contributed by atoms with E-state index in [0.29, 0.717) is 36.9 Å². The Morgan fingerprint density at radius 3 is 2.61 bits per heavy atom. The van der Waals surface area contributed by atoms with E-state index >= 15 is 0 Å². The van der Waals surface area contributed by atoms with E-state index in [2.05, 4.69) is 25.2 Å². The number of anilines is 2. The van der Waals surface area contributed by atoms with E-state index in [4.69, 9.17) is 11.6 Å². The monoisotopic (exact) mass is 397 g/mol. The zero-order chi connectivity index (χ0) is 19.5. The van der Waals surface area contributed by atoms with Crippen LogP contribution in [0.4, 0.5) is 16.3 Å². The van der Waals surface area contributed by atoms with Crippen molar-refractivity contribution < 1.29 is 4.79 Å². The van der Waals surface area contributed by atoms with Crippen LogP contribution in [0.15, 0.2) is 49.3 Å². The van der Waals surface area contributed by atoms with Crippen molar-refractivity contribution >= 4 is 29.1 Å². The van der Waals surface area contributed by atoms with Crippen LogP contribution < -0.4 is 10.2 Å². The van der Waals surface area contributed by atoms with Crippen LogP contribution in [-0.2, 0) is 0 Å². The van der Waals surface area contributed by atoms with Crippen LogP contribution >= 0.6 is 11.6 Å². The van der Waals surface area contributed by atoms with Crippen LogP contribution in [0.3, 0.4) is 0 Å². The summed E-state index contributed by atoms with van der Waals surface area (Å²) in [4.78, 5) is 29.2. The molecule has 0 aliphatic carbocycles. The van der Waals surface area contributed by atoms with E-state index in [1.807, 2.05) is 42.0 Å². The maximum atomic E-state index is 12.6. The number of carbonyl (C=O) groups is 1. The van der Waals surface area contributed by atoms with Gasteiger partial charge in [-0.2, -0.15) is 0 Å². The number of aryl methyl sites for hydroxylation is 1. The van der Waals surface area contributed by atoms with Gasteiger partial charge in [0.05, 0.1) is 10.7 Å². The fraction of sp³-hybridized carbons (Fsp3) is 0.263. The molecular weight excluding hydrogens is 378 g/mol. The molecule has 1 aliphatic rings. The molecule has 0 radical (unpaired) electrons. The van der Waals surface area contributed by atoms with E-state index in [1.54, 1.807) is 23.8 Å². The van der Waals surface area contributed by atoms with Crippen molar-refractivity contribution in [3.05, 3.63) is 59.9 Å². The van der Waals surface area contributed by atoms with Crippen LogP contribution in [0.1, 0.15) is 5.56 Å². The molecule has 1 aliphatic heterocycles. The molecule has 8 nitrogen and oxygen atoms in total. The van der Waals surface area contributed by atoms with Gasteiger partial charge in [0.15, 0.2) is 0 Å². The molecule has 0 spiro atoms. The smallest absolute Gasteiger partial charge is 0.322 e. The van der Waals surface area contributed by atoms with Gasteiger partial charge < -0.3 is 15.1 Å². The first kappa shape index (κ1) is 18.2. The summed E-state index contributed by atoms with van der Waals surface area (Å²) < 4.78 is 1.83. The summed E-state index contributed by atoms with van der Waals surface area (Å²) in [6, 6.07) is 7.36. The second-order valence-electron chi connectivity index (χ2n) is 6.59. The van der Waals surface area contributed by atoms with Crippen LogP contribution in [0, 0.1) is 6.92 Å². The van der Waals surface area contributed by atoms with E-state index in [0.717, 1.165) is 17.2 Å². The quantitative estimate of drug-likeness (QED) is 0.735. The molecule has 3 aromatic rings. The average molecular weight is 398 g/mol. The van der Waals surface area contributed by atoms with Crippen LogP contribution in [-0.4, -0.2) is 56.6 Å². The third kappa shape index (κ3) is 3.91. The Morgan fingerprint density at radius 2 is 1.89 bits per heavy atom. The van der Waals surface area contributed by atoms with Gasteiger partial charge in [-0.25, -0.2) is 19.7 Å². The maximum Gasteiger partial charge on any atom is 0.322 e. The molecule has 1 fully saturated rings. The van der Waals surface area contributed by atoms with Crippen molar-refractivity contribution in [1.82, 2.24) is 24.4 Å². The lowest BCUT2D eigenvalue weighted by Gasteiger charge is -2.35. The Balaban J connectivity index is 1.38. The van der Waals surface area contributed by atoms with Crippen LogP contribution in [0.25, 0.3) is 5.82 Å². The number of piperazine rings is 1. The molecule has 0 unspecified atom stereocenters. The highest BCUT2D eigenvalue weighted by atomic mass is 35.5. The maximum absolute atomic E-state index is 12.6. The van der Waals surface area contributed by atoms with E-state index in [1.165, 1.54) is 0 Å². The fourth-order valence-electron chi connectivity index (χ4n) is 3.10. The average Bonchev–Trinajstić information content (AvgIpc) is 3.25. The molecule has 9 heteroatoms.